The van der Waals surface area contributed by atoms with Gasteiger partial charge in [-0.15, -0.1) is 0 Å². The van der Waals surface area contributed by atoms with E-state index in [0.29, 0.717) is 0 Å². The van der Waals surface area contributed by atoms with Crippen LogP contribution in [-0.4, -0.2) is 5.91 Å². The Hall–Kier alpha value is -1.25. The van der Waals surface area contributed by atoms with Gasteiger partial charge in [0, 0.05) is 6.92 Å². The minimum Gasteiger partial charge on any atom is -0.467 e. The molecule has 3 heteroatoms. The zero-order chi connectivity index (χ0) is 9.19. The van der Waals surface area contributed by atoms with Gasteiger partial charge in [0.2, 0.25) is 5.91 Å². The lowest BCUT2D eigenvalue weighted by Gasteiger charge is -2.22. The molecule has 1 aromatic heterocycles. The molecule has 0 unspecified atom stereocenters. The molecule has 66 valence electrons. The predicted molar refractivity (Wildman–Crippen MR) is 45.6 cm³/mol. The summed E-state index contributed by atoms with van der Waals surface area (Å²) in [6.45, 7) is 5.28. The topological polar surface area (TPSA) is 42.2 Å². The van der Waals surface area contributed by atoms with Crippen molar-refractivity contribution >= 4 is 5.91 Å². The highest BCUT2D eigenvalue weighted by Gasteiger charge is 2.23. The van der Waals surface area contributed by atoms with Crippen LogP contribution in [0.15, 0.2) is 22.8 Å². The number of hydrogen-bond donors (Lipinski definition) is 1. The van der Waals surface area contributed by atoms with Gasteiger partial charge >= 0.3 is 0 Å². The van der Waals surface area contributed by atoms with Crippen LogP contribution in [-0.2, 0) is 10.3 Å². The Kier molecular flexibility index (Phi) is 2.22. The van der Waals surface area contributed by atoms with Gasteiger partial charge in [-0.05, 0) is 26.0 Å². The maximum atomic E-state index is 10.8. The van der Waals surface area contributed by atoms with Crippen molar-refractivity contribution in [1.29, 1.82) is 0 Å². The summed E-state index contributed by atoms with van der Waals surface area (Å²) < 4.78 is 5.18. The molecule has 0 radical (unpaired) electrons. The van der Waals surface area contributed by atoms with Gasteiger partial charge in [-0.25, -0.2) is 0 Å². The maximum absolute atomic E-state index is 10.8. The molecule has 0 atom stereocenters. The Labute approximate surface area is 71.8 Å². The second-order valence-corrected chi connectivity index (χ2v) is 3.28. The lowest BCUT2D eigenvalue weighted by molar-refractivity contribution is -0.120. The van der Waals surface area contributed by atoms with Gasteiger partial charge in [-0.2, -0.15) is 0 Å². The number of amides is 1. The molecule has 0 aromatic carbocycles. The molecule has 0 bridgehead atoms. The summed E-state index contributed by atoms with van der Waals surface area (Å²) in [7, 11) is 0. The van der Waals surface area contributed by atoms with Gasteiger partial charge < -0.3 is 9.73 Å². The standard InChI is InChI=1S/C9H13NO2/c1-7(11)10-9(2,3)8-5-4-6-12-8/h4-6H,1-3H3,(H,10,11). The first-order valence-electron chi connectivity index (χ1n) is 3.85. The molecular weight excluding hydrogens is 154 g/mol. The van der Waals surface area contributed by atoms with E-state index in [1.165, 1.54) is 6.92 Å². The highest BCUT2D eigenvalue weighted by molar-refractivity contribution is 5.73. The van der Waals surface area contributed by atoms with Crippen molar-refractivity contribution in [3.63, 3.8) is 0 Å². The third-order valence-corrected chi connectivity index (χ3v) is 1.63. The van der Waals surface area contributed by atoms with E-state index >= 15 is 0 Å². The van der Waals surface area contributed by atoms with Crippen LogP contribution in [0.2, 0.25) is 0 Å². The van der Waals surface area contributed by atoms with Crippen LogP contribution in [0.4, 0.5) is 0 Å². The van der Waals surface area contributed by atoms with E-state index in [2.05, 4.69) is 5.32 Å². The van der Waals surface area contributed by atoms with E-state index in [-0.39, 0.29) is 5.91 Å². The Morgan fingerprint density at radius 3 is 2.67 bits per heavy atom. The van der Waals surface area contributed by atoms with Crippen molar-refractivity contribution < 1.29 is 9.21 Å². The van der Waals surface area contributed by atoms with E-state index in [1.54, 1.807) is 12.3 Å². The van der Waals surface area contributed by atoms with Crippen LogP contribution in [0.3, 0.4) is 0 Å². The predicted octanol–water partition coefficient (Wildman–Crippen LogP) is 1.65. The molecule has 0 saturated carbocycles. The summed E-state index contributed by atoms with van der Waals surface area (Å²) in [5, 5.41) is 2.79. The number of hydrogen-bond acceptors (Lipinski definition) is 2. The minimum atomic E-state index is -0.421. The molecule has 0 aliphatic carbocycles. The Morgan fingerprint density at radius 1 is 1.58 bits per heavy atom. The molecule has 0 aliphatic heterocycles. The van der Waals surface area contributed by atoms with Crippen LogP contribution < -0.4 is 5.32 Å². The van der Waals surface area contributed by atoms with Crippen molar-refractivity contribution in [2.45, 2.75) is 26.3 Å². The number of nitrogens with one attached hydrogen (secondary N) is 1. The fourth-order valence-electron chi connectivity index (χ4n) is 1.14. The summed E-state index contributed by atoms with van der Waals surface area (Å²) in [6.07, 6.45) is 1.60. The van der Waals surface area contributed by atoms with Crippen LogP contribution in [0.5, 0.6) is 0 Å². The third kappa shape index (κ3) is 1.87. The van der Waals surface area contributed by atoms with E-state index in [1.807, 2.05) is 19.9 Å². The molecule has 1 amide bonds. The van der Waals surface area contributed by atoms with Gasteiger partial charge in [0.15, 0.2) is 0 Å². The van der Waals surface area contributed by atoms with Crippen molar-refractivity contribution in [3.05, 3.63) is 24.2 Å². The average Bonchev–Trinajstić information content (AvgIpc) is 2.32. The van der Waals surface area contributed by atoms with E-state index < -0.39 is 5.54 Å². The largest absolute Gasteiger partial charge is 0.467 e. The summed E-state index contributed by atoms with van der Waals surface area (Å²) >= 11 is 0. The maximum Gasteiger partial charge on any atom is 0.217 e. The fraction of sp³-hybridized carbons (Fsp3) is 0.444. The van der Waals surface area contributed by atoms with Crippen molar-refractivity contribution in [1.82, 2.24) is 5.32 Å². The highest BCUT2D eigenvalue weighted by atomic mass is 16.3. The number of rotatable bonds is 2. The Balaban J connectivity index is 2.79. The molecule has 1 aromatic rings. The van der Waals surface area contributed by atoms with Crippen LogP contribution >= 0.6 is 0 Å². The first-order valence-corrected chi connectivity index (χ1v) is 3.85. The normalized spacial score (nSPS) is 11.2. The van der Waals surface area contributed by atoms with Crippen LogP contribution in [0.25, 0.3) is 0 Å². The summed E-state index contributed by atoms with van der Waals surface area (Å²) in [5.41, 5.74) is -0.421. The molecule has 0 spiro atoms. The van der Waals surface area contributed by atoms with Gasteiger partial charge in [0.25, 0.3) is 0 Å². The SMILES string of the molecule is CC(=O)NC(C)(C)c1ccco1. The van der Waals surface area contributed by atoms with E-state index in [4.69, 9.17) is 4.42 Å². The van der Waals surface area contributed by atoms with Gasteiger partial charge in [-0.1, -0.05) is 0 Å². The van der Waals surface area contributed by atoms with Crippen molar-refractivity contribution in [3.8, 4) is 0 Å². The molecule has 0 saturated heterocycles. The molecular formula is C9H13NO2. The average molecular weight is 167 g/mol. The summed E-state index contributed by atoms with van der Waals surface area (Å²) in [4.78, 5) is 10.8. The molecule has 1 rings (SSSR count). The third-order valence-electron chi connectivity index (χ3n) is 1.63. The van der Waals surface area contributed by atoms with E-state index in [9.17, 15) is 4.79 Å². The second kappa shape index (κ2) is 3.01. The number of furan rings is 1. The molecule has 3 nitrogen and oxygen atoms in total. The monoisotopic (exact) mass is 167 g/mol. The van der Waals surface area contributed by atoms with Crippen molar-refractivity contribution in [2.75, 3.05) is 0 Å². The van der Waals surface area contributed by atoms with Crippen LogP contribution in [0.1, 0.15) is 26.5 Å². The number of carbonyl (C=O) groups excluding carboxylic acids is 1. The van der Waals surface area contributed by atoms with Gasteiger partial charge in [0.05, 0.1) is 11.8 Å². The lowest BCUT2D eigenvalue weighted by Crippen LogP contribution is -2.39. The lowest BCUT2D eigenvalue weighted by atomic mass is 10.0. The van der Waals surface area contributed by atoms with Crippen molar-refractivity contribution in [2.24, 2.45) is 0 Å². The zero-order valence-electron chi connectivity index (χ0n) is 7.55. The summed E-state index contributed by atoms with van der Waals surface area (Å²) in [6, 6.07) is 3.65. The fourth-order valence-corrected chi connectivity index (χ4v) is 1.14. The molecule has 0 fully saturated rings. The van der Waals surface area contributed by atoms with E-state index in [0.717, 1.165) is 5.76 Å². The Bertz CT molecular complexity index is 262. The second-order valence-electron chi connectivity index (χ2n) is 3.28. The molecule has 1 N–H and O–H groups in total. The van der Waals surface area contributed by atoms with Gasteiger partial charge in [0.1, 0.15) is 5.76 Å². The van der Waals surface area contributed by atoms with Gasteiger partial charge in [-0.3, -0.25) is 4.79 Å². The molecule has 0 aliphatic rings. The zero-order valence-corrected chi connectivity index (χ0v) is 7.55. The minimum absolute atomic E-state index is 0.0589. The highest BCUT2D eigenvalue weighted by Crippen LogP contribution is 2.19. The first-order chi connectivity index (χ1) is 5.52. The first kappa shape index (κ1) is 8.84. The Morgan fingerprint density at radius 2 is 2.25 bits per heavy atom. The molecule has 12 heavy (non-hydrogen) atoms. The van der Waals surface area contributed by atoms with Crippen LogP contribution in [0, 0.1) is 0 Å². The quantitative estimate of drug-likeness (QED) is 0.727. The number of carbonyl (C=O) groups is 1. The smallest absolute Gasteiger partial charge is 0.217 e. The summed E-state index contributed by atoms with van der Waals surface area (Å²) in [5.74, 6) is 0.703. The molecule has 1 heterocycles.